The van der Waals surface area contributed by atoms with Gasteiger partial charge in [-0.15, -0.1) is 24.0 Å². The van der Waals surface area contributed by atoms with Crippen molar-refractivity contribution in [1.29, 1.82) is 0 Å². The van der Waals surface area contributed by atoms with Gasteiger partial charge in [-0.1, -0.05) is 38.1 Å². The molecule has 1 heterocycles. The maximum atomic E-state index is 12.6. The van der Waals surface area contributed by atoms with Crippen LogP contribution in [0.4, 0.5) is 0 Å². The van der Waals surface area contributed by atoms with Crippen molar-refractivity contribution in [2.45, 2.75) is 77.4 Å². The number of benzene rings is 1. The third kappa shape index (κ3) is 8.12. The zero-order chi connectivity index (χ0) is 22.8. The summed E-state index contributed by atoms with van der Waals surface area (Å²) in [7, 11) is 1.82. The van der Waals surface area contributed by atoms with Gasteiger partial charge in [-0.2, -0.15) is 0 Å². The second-order valence-corrected chi connectivity index (χ2v) is 9.06. The molecule has 2 aliphatic rings. The van der Waals surface area contributed by atoms with E-state index in [4.69, 9.17) is 4.74 Å². The molecule has 33 heavy (non-hydrogen) atoms. The highest BCUT2D eigenvalue weighted by Crippen LogP contribution is 2.32. The molecule has 0 spiro atoms. The van der Waals surface area contributed by atoms with Gasteiger partial charge in [-0.25, -0.2) is 0 Å². The Morgan fingerprint density at radius 3 is 2.61 bits per heavy atom. The summed E-state index contributed by atoms with van der Waals surface area (Å²) in [6.07, 6.45) is 8.48. The van der Waals surface area contributed by atoms with Gasteiger partial charge in [-0.05, 0) is 62.5 Å². The molecule has 2 N–H and O–H groups in total. The fourth-order valence-electron chi connectivity index (χ4n) is 4.92. The molecule has 1 aliphatic carbocycles. The van der Waals surface area contributed by atoms with Crippen molar-refractivity contribution >= 4 is 35.8 Å². The summed E-state index contributed by atoms with van der Waals surface area (Å²) in [6, 6.07) is 9.05. The number of hydrogen-bond donors (Lipinski definition) is 2. The largest absolute Gasteiger partial charge is 0.373 e. The lowest BCUT2D eigenvalue weighted by molar-refractivity contribution is -0.136. The van der Waals surface area contributed by atoms with Crippen molar-refractivity contribution in [1.82, 2.24) is 15.5 Å². The highest BCUT2D eigenvalue weighted by Gasteiger charge is 2.26. The van der Waals surface area contributed by atoms with E-state index < -0.39 is 0 Å². The number of likely N-dealkylation sites (tertiary alicyclic amines) is 1. The van der Waals surface area contributed by atoms with Crippen LogP contribution in [-0.4, -0.2) is 56.1 Å². The average Bonchev–Trinajstić information content (AvgIpc) is 2.84. The lowest BCUT2D eigenvalue weighted by Gasteiger charge is -2.34. The Kier molecular flexibility index (Phi) is 12.5. The number of fused-ring (bicyclic) bond motifs is 1. The first-order chi connectivity index (χ1) is 15.7. The second kappa shape index (κ2) is 14.8. The van der Waals surface area contributed by atoms with Crippen LogP contribution < -0.4 is 10.6 Å². The molecule has 3 rings (SSSR count). The highest BCUT2D eigenvalue weighted by atomic mass is 127. The van der Waals surface area contributed by atoms with Crippen molar-refractivity contribution in [2.24, 2.45) is 10.9 Å². The summed E-state index contributed by atoms with van der Waals surface area (Å²) in [5, 5.41) is 6.96. The first-order valence-corrected chi connectivity index (χ1v) is 12.6. The van der Waals surface area contributed by atoms with Crippen LogP contribution in [0.3, 0.4) is 0 Å². The average molecular weight is 571 g/mol. The number of carbonyl (C=O) groups is 1. The molecule has 0 radical (unpaired) electrons. The van der Waals surface area contributed by atoms with Gasteiger partial charge in [0, 0.05) is 45.2 Å². The van der Waals surface area contributed by atoms with E-state index in [1.807, 2.05) is 11.9 Å². The molecule has 1 saturated heterocycles. The van der Waals surface area contributed by atoms with Crippen molar-refractivity contribution in [3.63, 3.8) is 0 Å². The van der Waals surface area contributed by atoms with Gasteiger partial charge in [0.25, 0.3) is 0 Å². The number of amides is 1. The lowest BCUT2D eigenvalue weighted by atomic mass is 9.89. The molecule has 6 nitrogen and oxygen atoms in total. The molecule has 186 valence electrons. The van der Waals surface area contributed by atoms with Crippen LogP contribution in [0.1, 0.15) is 76.0 Å². The standard InChI is InChI=1S/C26H42N4O2.HI/c1-4-20(5-2)25(31)30-17-14-22(15-18-30)29-26(27-3)28-16-9-19-32-24-13-8-11-21-10-6-7-12-23(21)24;/h6-7,10,12,20,22,24H,4-5,8-9,11,13-19H2,1-3H3,(H2,27,28,29);1H. The van der Waals surface area contributed by atoms with Crippen LogP contribution in [0, 0.1) is 5.92 Å². The van der Waals surface area contributed by atoms with E-state index >= 15 is 0 Å². The SMILES string of the molecule is CCC(CC)C(=O)N1CCC(NC(=NC)NCCCOC2CCCc3ccccc32)CC1.I. The predicted molar refractivity (Wildman–Crippen MR) is 146 cm³/mol. The zero-order valence-corrected chi connectivity index (χ0v) is 23.0. The summed E-state index contributed by atoms with van der Waals surface area (Å²) in [4.78, 5) is 19.0. The van der Waals surface area contributed by atoms with Gasteiger partial charge in [0.2, 0.25) is 5.91 Å². The third-order valence-corrected chi connectivity index (χ3v) is 6.95. The number of nitrogens with one attached hydrogen (secondary N) is 2. The number of hydrogen-bond acceptors (Lipinski definition) is 3. The van der Waals surface area contributed by atoms with E-state index in [2.05, 4.69) is 53.7 Å². The smallest absolute Gasteiger partial charge is 0.225 e. The van der Waals surface area contributed by atoms with E-state index in [1.54, 1.807) is 0 Å². The van der Waals surface area contributed by atoms with E-state index in [0.717, 1.165) is 70.7 Å². The maximum Gasteiger partial charge on any atom is 0.225 e. The third-order valence-electron chi connectivity index (χ3n) is 6.95. The van der Waals surface area contributed by atoms with Crippen LogP contribution >= 0.6 is 24.0 Å². The first-order valence-electron chi connectivity index (χ1n) is 12.6. The molecule has 0 saturated carbocycles. The van der Waals surface area contributed by atoms with Crippen molar-refractivity contribution in [3.05, 3.63) is 35.4 Å². The maximum absolute atomic E-state index is 12.6. The minimum Gasteiger partial charge on any atom is -0.373 e. The number of carbonyl (C=O) groups excluding carboxylic acids is 1. The molecule has 7 heteroatoms. The van der Waals surface area contributed by atoms with Gasteiger partial charge in [0.1, 0.15) is 0 Å². The fourth-order valence-corrected chi connectivity index (χ4v) is 4.92. The Hall–Kier alpha value is -1.35. The number of aliphatic imine (C=N–C) groups is 1. The highest BCUT2D eigenvalue weighted by molar-refractivity contribution is 14.0. The summed E-state index contributed by atoms with van der Waals surface area (Å²) < 4.78 is 6.21. The van der Waals surface area contributed by atoms with Gasteiger partial charge in [-0.3, -0.25) is 9.79 Å². The van der Waals surface area contributed by atoms with E-state index in [-0.39, 0.29) is 36.0 Å². The summed E-state index contributed by atoms with van der Waals surface area (Å²) in [5.41, 5.74) is 2.82. The van der Waals surface area contributed by atoms with Crippen molar-refractivity contribution < 1.29 is 9.53 Å². The minimum atomic E-state index is 0. The molecule has 1 fully saturated rings. The minimum absolute atomic E-state index is 0. The molecule has 1 aliphatic heterocycles. The van der Waals surface area contributed by atoms with Gasteiger partial charge < -0.3 is 20.3 Å². The summed E-state index contributed by atoms with van der Waals surface area (Å²) in [5.74, 6) is 1.35. The topological polar surface area (TPSA) is 66.0 Å². The molecular weight excluding hydrogens is 527 g/mol. The Balaban J connectivity index is 0.00000385. The number of nitrogens with zero attached hydrogens (tertiary/aromatic N) is 2. The first kappa shape index (κ1) is 27.9. The number of guanidine groups is 1. The predicted octanol–water partition coefficient (Wildman–Crippen LogP) is 4.68. The monoisotopic (exact) mass is 570 g/mol. The molecule has 1 atom stereocenters. The normalized spacial score (nSPS) is 19.1. The number of piperidine rings is 1. The van der Waals surface area contributed by atoms with Crippen LogP contribution in [0.2, 0.25) is 0 Å². The summed E-state index contributed by atoms with van der Waals surface area (Å²) >= 11 is 0. The van der Waals surface area contributed by atoms with Gasteiger partial charge >= 0.3 is 0 Å². The van der Waals surface area contributed by atoms with Gasteiger partial charge in [0.05, 0.1) is 6.10 Å². The van der Waals surface area contributed by atoms with Gasteiger partial charge in [0.15, 0.2) is 5.96 Å². The van der Waals surface area contributed by atoms with Crippen molar-refractivity contribution in [2.75, 3.05) is 33.3 Å². The number of ether oxygens (including phenoxy) is 1. The quantitative estimate of drug-likeness (QED) is 0.196. The Morgan fingerprint density at radius 1 is 1.18 bits per heavy atom. The van der Waals surface area contributed by atoms with Crippen LogP contribution in [0.25, 0.3) is 0 Å². The molecule has 0 aromatic heterocycles. The van der Waals surface area contributed by atoms with Crippen molar-refractivity contribution in [3.8, 4) is 0 Å². The Morgan fingerprint density at radius 2 is 1.91 bits per heavy atom. The molecule has 1 amide bonds. The second-order valence-electron chi connectivity index (χ2n) is 9.06. The molecule has 1 aromatic rings. The van der Waals surface area contributed by atoms with Crippen LogP contribution in [0.15, 0.2) is 29.3 Å². The molecule has 0 bridgehead atoms. The van der Waals surface area contributed by atoms with Crippen LogP contribution in [0.5, 0.6) is 0 Å². The number of aryl methyl sites for hydroxylation is 1. The Bertz CT molecular complexity index is 746. The van der Waals surface area contributed by atoms with E-state index in [9.17, 15) is 4.79 Å². The van der Waals surface area contributed by atoms with Crippen LogP contribution in [-0.2, 0) is 16.0 Å². The Labute approximate surface area is 217 Å². The molecule has 1 aromatic carbocycles. The molecular formula is C26H43IN4O2. The number of halogens is 1. The lowest BCUT2D eigenvalue weighted by Crippen LogP contribution is -2.50. The fraction of sp³-hybridized carbons (Fsp3) is 0.692. The van der Waals surface area contributed by atoms with E-state index in [1.165, 1.54) is 24.0 Å². The number of rotatable bonds is 9. The zero-order valence-electron chi connectivity index (χ0n) is 20.6. The summed E-state index contributed by atoms with van der Waals surface area (Å²) in [6.45, 7) is 7.46. The van der Waals surface area contributed by atoms with E-state index in [0.29, 0.717) is 11.9 Å². The molecule has 1 unspecified atom stereocenters.